The number of hydrogen-bond acceptors (Lipinski definition) is 2. The summed E-state index contributed by atoms with van der Waals surface area (Å²) >= 11 is 0. The zero-order valence-electron chi connectivity index (χ0n) is 12.9. The maximum atomic E-state index is 12.9. The Morgan fingerprint density at radius 3 is 2.65 bits per heavy atom. The number of nitrogens with one attached hydrogen (secondary N) is 1. The molecule has 112 valence electrons. The van der Waals surface area contributed by atoms with E-state index in [9.17, 15) is 4.39 Å². The summed E-state index contributed by atoms with van der Waals surface area (Å²) in [6.45, 7) is 9.00. The van der Waals surface area contributed by atoms with Crippen molar-refractivity contribution in [2.75, 3.05) is 13.1 Å². The van der Waals surface area contributed by atoms with Gasteiger partial charge in [-0.15, -0.1) is 0 Å². The summed E-state index contributed by atoms with van der Waals surface area (Å²) in [5.74, 6) is -0.152. The summed E-state index contributed by atoms with van der Waals surface area (Å²) < 4.78 is 12.9. The van der Waals surface area contributed by atoms with E-state index in [1.54, 1.807) is 12.1 Å². The smallest absolute Gasteiger partial charge is 0.123 e. The van der Waals surface area contributed by atoms with Crippen LogP contribution < -0.4 is 5.32 Å². The van der Waals surface area contributed by atoms with Crippen molar-refractivity contribution in [3.05, 3.63) is 35.6 Å². The Hall–Kier alpha value is -0.930. The average Bonchev–Trinajstić information content (AvgIpc) is 2.42. The first-order chi connectivity index (χ1) is 9.60. The maximum Gasteiger partial charge on any atom is 0.123 e. The Morgan fingerprint density at radius 1 is 1.35 bits per heavy atom. The lowest BCUT2D eigenvalue weighted by molar-refractivity contribution is 0.0959. The molecule has 1 fully saturated rings. The maximum absolute atomic E-state index is 12.9. The molecule has 1 saturated heterocycles. The molecule has 3 unspecified atom stereocenters. The number of rotatable bonds is 5. The summed E-state index contributed by atoms with van der Waals surface area (Å²) in [6, 6.07) is 8.72. The summed E-state index contributed by atoms with van der Waals surface area (Å²) in [7, 11) is 0. The molecule has 1 N–H and O–H groups in total. The lowest BCUT2D eigenvalue weighted by Gasteiger charge is -2.41. The first kappa shape index (κ1) is 15.5. The van der Waals surface area contributed by atoms with Gasteiger partial charge in [0.05, 0.1) is 0 Å². The number of nitrogens with zero attached hydrogens (tertiary/aromatic N) is 1. The van der Waals surface area contributed by atoms with E-state index in [4.69, 9.17) is 0 Å². The van der Waals surface area contributed by atoms with E-state index in [0.29, 0.717) is 18.1 Å². The molecule has 0 bridgehead atoms. The first-order valence-electron chi connectivity index (χ1n) is 7.83. The molecule has 0 radical (unpaired) electrons. The Kier molecular flexibility index (Phi) is 5.55. The highest BCUT2D eigenvalue weighted by Crippen LogP contribution is 2.21. The molecular formula is C17H27FN2. The van der Waals surface area contributed by atoms with E-state index in [0.717, 1.165) is 19.5 Å². The van der Waals surface area contributed by atoms with Gasteiger partial charge in [0.25, 0.3) is 0 Å². The predicted molar refractivity (Wildman–Crippen MR) is 82.4 cm³/mol. The normalized spacial score (nSPS) is 25.6. The lowest BCUT2D eigenvalue weighted by Crippen LogP contribution is -2.51. The number of piperidine rings is 1. The van der Waals surface area contributed by atoms with Gasteiger partial charge in [0, 0.05) is 24.7 Å². The average molecular weight is 278 g/mol. The second-order valence-corrected chi connectivity index (χ2v) is 6.05. The van der Waals surface area contributed by atoms with Crippen LogP contribution in [0.2, 0.25) is 0 Å². The fourth-order valence-corrected chi connectivity index (χ4v) is 3.40. The molecule has 0 saturated carbocycles. The van der Waals surface area contributed by atoms with Crippen molar-refractivity contribution < 1.29 is 4.39 Å². The molecule has 3 atom stereocenters. The van der Waals surface area contributed by atoms with Gasteiger partial charge in [-0.05, 0) is 57.4 Å². The molecular weight excluding hydrogens is 251 g/mol. The van der Waals surface area contributed by atoms with Crippen LogP contribution in [0, 0.1) is 5.82 Å². The van der Waals surface area contributed by atoms with Crippen LogP contribution in [-0.2, 0) is 6.42 Å². The minimum absolute atomic E-state index is 0.152. The quantitative estimate of drug-likeness (QED) is 0.889. The van der Waals surface area contributed by atoms with Gasteiger partial charge < -0.3 is 5.32 Å². The van der Waals surface area contributed by atoms with E-state index in [-0.39, 0.29) is 5.82 Å². The number of halogens is 1. The van der Waals surface area contributed by atoms with Crippen LogP contribution >= 0.6 is 0 Å². The Bertz CT molecular complexity index is 404. The van der Waals surface area contributed by atoms with Gasteiger partial charge in [-0.3, -0.25) is 4.90 Å². The van der Waals surface area contributed by atoms with Crippen LogP contribution in [0.1, 0.15) is 39.2 Å². The molecule has 0 aromatic heterocycles. The lowest BCUT2D eigenvalue weighted by atomic mass is 9.95. The molecule has 1 aliphatic rings. The van der Waals surface area contributed by atoms with Crippen molar-refractivity contribution in [1.29, 1.82) is 0 Å². The molecule has 0 amide bonds. The highest BCUT2D eigenvalue weighted by atomic mass is 19.1. The van der Waals surface area contributed by atoms with Crippen molar-refractivity contribution in [2.24, 2.45) is 0 Å². The summed E-state index contributed by atoms with van der Waals surface area (Å²) in [4.78, 5) is 2.59. The Labute approximate surface area is 122 Å². The molecule has 0 spiro atoms. The number of hydrogen-bond donors (Lipinski definition) is 1. The molecule has 1 aromatic rings. The van der Waals surface area contributed by atoms with E-state index in [1.807, 2.05) is 12.1 Å². The van der Waals surface area contributed by atoms with E-state index < -0.39 is 0 Å². The van der Waals surface area contributed by atoms with E-state index in [1.165, 1.54) is 18.4 Å². The van der Waals surface area contributed by atoms with Gasteiger partial charge in [0.2, 0.25) is 0 Å². The first-order valence-corrected chi connectivity index (χ1v) is 7.83. The molecule has 3 heteroatoms. The number of likely N-dealkylation sites (tertiary alicyclic amines) is 1. The summed E-state index contributed by atoms with van der Waals surface area (Å²) in [5, 5.41) is 3.56. The van der Waals surface area contributed by atoms with E-state index in [2.05, 4.69) is 31.0 Å². The highest BCUT2D eigenvalue weighted by molar-refractivity contribution is 5.17. The predicted octanol–water partition coefficient (Wildman–Crippen LogP) is 3.22. The highest BCUT2D eigenvalue weighted by Gasteiger charge is 2.27. The van der Waals surface area contributed by atoms with Crippen molar-refractivity contribution in [2.45, 2.75) is 58.2 Å². The molecule has 0 aliphatic carbocycles. The molecule has 2 rings (SSSR count). The van der Waals surface area contributed by atoms with Crippen LogP contribution in [0.5, 0.6) is 0 Å². The van der Waals surface area contributed by atoms with Gasteiger partial charge in [-0.25, -0.2) is 4.39 Å². The van der Waals surface area contributed by atoms with Crippen LogP contribution in [0.3, 0.4) is 0 Å². The fourth-order valence-electron chi connectivity index (χ4n) is 3.40. The molecule has 1 heterocycles. The van der Waals surface area contributed by atoms with Crippen molar-refractivity contribution in [3.8, 4) is 0 Å². The van der Waals surface area contributed by atoms with Gasteiger partial charge in [-0.1, -0.05) is 19.1 Å². The van der Waals surface area contributed by atoms with Crippen LogP contribution in [0.15, 0.2) is 24.3 Å². The third kappa shape index (κ3) is 4.03. The zero-order valence-corrected chi connectivity index (χ0v) is 12.9. The Balaban J connectivity index is 1.89. The monoisotopic (exact) mass is 278 g/mol. The van der Waals surface area contributed by atoms with E-state index >= 15 is 0 Å². The van der Waals surface area contributed by atoms with Crippen LogP contribution in [0.25, 0.3) is 0 Å². The van der Waals surface area contributed by atoms with Gasteiger partial charge in [-0.2, -0.15) is 0 Å². The summed E-state index contributed by atoms with van der Waals surface area (Å²) in [6.07, 6.45) is 3.45. The van der Waals surface area contributed by atoms with Crippen molar-refractivity contribution >= 4 is 0 Å². The third-order valence-electron chi connectivity index (χ3n) is 4.43. The number of benzene rings is 1. The SMILES string of the molecule is CCNC1CCN(C(C)Cc2ccc(F)cc2)C(C)C1. The van der Waals surface area contributed by atoms with Crippen LogP contribution in [0.4, 0.5) is 4.39 Å². The molecule has 20 heavy (non-hydrogen) atoms. The zero-order chi connectivity index (χ0) is 14.5. The third-order valence-corrected chi connectivity index (χ3v) is 4.43. The largest absolute Gasteiger partial charge is 0.314 e. The molecule has 1 aliphatic heterocycles. The van der Waals surface area contributed by atoms with Crippen molar-refractivity contribution in [3.63, 3.8) is 0 Å². The van der Waals surface area contributed by atoms with Crippen molar-refractivity contribution in [1.82, 2.24) is 10.2 Å². The fraction of sp³-hybridized carbons (Fsp3) is 0.647. The van der Waals surface area contributed by atoms with Crippen LogP contribution in [-0.4, -0.2) is 36.1 Å². The topological polar surface area (TPSA) is 15.3 Å². The summed E-state index contributed by atoms with van der Waals surface area (Å²) in [5.41, 5.74) is 1.22. The van der Waals surface area contributed by atoms with Gasteiger partial charge in [0.15, 0.2) is 0 Å². The molecule has 1 aromatic carbocycles. The minimum Gasteiger partial charge on any atom is -0.314 e. The second-order valence-electron chi connectivity index (χ2n) is 6.05. The second kappa shape index (κ2) is 7.19. The van der Waals surface area contributed by atoms with Gasteiger partial charge >= 0.3 is 0 Å². The Morgan fingerprint density at radius 2 is 2.05 bits per heavy atom. The van der Waals surface area contributed by atoms with Gasteiger partial charge in [0.1, 0.15) is 5.82 Å². The standard InChI is InChI=1S/C17H27FN2/c1-4-19-17-9-10-20(14(3)12-17)13(2)11-15-5-7-16(18)8-6-15/h5-8,13-14,17,19H,4,9-12H2,1-3H3. The molecule has 2 nitrogen and oxygen atoms in total. The minimum atomic E-state index is -0.152.